The highest BCUT2D eigenvalue weighted by molar-refractivity contribution is 6.09. The van der Waals surface area contributed by atoms with Crippen LogP contribution in [0.4, 0.5) is 5.82 Å². The fourth-order valence-electron chi connectivity index (χ4n) is 3.54. The lowest BCUT2D eigenvalue weighted by Gasteiger charge is -2.35. The molecule has 0 spiro atoms. The van der Waals surface area contributed by atoms with E-state index in [1.54, 1.807) is 12.1 Å². The lowest BCUT2D eigenvalue weighted by molar-refractivity contribution is 0.105. The van der Waals surface area contributed by atoms with Gasteiger partial charge in [-0.3, -0.25) is 4.79 Å². The molecule has 1 fully saturated rings. The van der Waals surface area contributed by atoms with Gasteiger partial charge < -0.3 is 9.80 Å². The number of anilines is 1. The standard InChI is InChI=1S/C24H23N3O/c1-2-26-14-16-27(17-15-26)24-22-11-7-6-10-20(22)18-21(25-24)12-13-23(28)19-8-4-3-5-9-19/h3-11,18H,2,14-17H2,1H3. The average molecular weight is 369 g/mol. The van der Waals surface area contributed by atoms with Gasteiger partial charge in [0.25, 0.3) is 0 Å². The van der Waals surface area contributed by atoms with E-state index in [1.165, 1.54) is 0 Å². The van der Waals surface area contributed by atoms with Crippen LogP contribution < -0.4 is 4.90 Å². The average Bonchev–Trinajstić information content (AvgIpc) is 2.77. The van der Waals surface area contributed by atoms with Crippen molar-refractivity contribution in [2.75, 3.05) is 37.6 Å². The highest BCUT2D eigenvalue weighted by Crippen LogP contribution is 2.26. The number of ketones is 1. The maximum absolute atomic E-state index is 12.3. The van der Waals surface area contributed by atoms with Crippen molar-refractivity contribution in [3.05, 3.63) is 71.9 Å². The summed E-state index contributed by atoms with van der Waals surface area (Å²) in [5.74, 6) is 6.51. The van der Waals surface area contributed by atoms with E-state index in [9.17, 15) is 4.79 Å². The van der Waals surface area contributed by atoms with Gasteiger partial charge in [0.05, 0.1) is 0 Å². The number of hydrogen-bond acceptors (Lipinski definition) is 4. The van der Waals surface area contributed by atoms with Crippen LogP contribution in [0.2, 0.25) is 0 Å². The van der Waals surface area contributed by atoms with Gasteiger partial charge in [-0.05, 0) is 29.8 Å². The van der Waals surface area contributed by atoms with Crippen molar-refractivity contribution in [3.8, 4) is 11.8 Å². The fourth-order valence-corrected chi connectivity index (χ4v) is 3.54. The Morgan fingerprint density at radius 1 is 1.00 bits per heavy atom. The molecule has 4 heteroatoms. The van der Waals surface area contributed by atoms with Crippen LogP contribution in [0.3, 0.4) is 0 Å². The van der Waals surface area contributed by atoms with Gasteiger partial charge in [0, 0.05) is 37.1 Å². The van der Waals surface area contributed by atoms with E-state index in [2.05, 4.69) is 40.7 Å². The van der Waals surface area contributed by atoms with E-state index < -0.39 is 0 Å². The molecule has 1 aliphatic rings. The quantitative estimate of drug-likeness (QED) is 0.522. The molecule has 0 bridgehead atoms. The van der Waals surface area contributed by atoms with Crippen LogP contribution in [0.25, 0.3) is 10.8 Å². The van der Waals surface area contributed by atoms with E-state index in [4.69, 9.17) is 4.98 Å². The van der Waals surface area contributed by atoms with Gasteiger partial charge in [-0.1, -0.05) is 61.5 Å². The van der Waals surface area contributed by atoms with Crippen molar-refractivity contribution in [2.24, 2.45) is 0 Å². The molecule has 0 atom stereocenters. The van der Waals surface area contributed by atoms with E-state index in [0.29, 0.717) is 11.3 Å². The molecular formula is C24H23N3O. The van der Waals surface area contributed by atoms with Gasteiger partial charge in [-0.15, -0.1) is 0 Å². The summed E-state index contributed by atoms with van der Waals surface area (Å²) < 4.78 is 0. The molecule has 2 heterocycles. The molecule has 2 aromatic carbocycles. The van der Waals surface area contributed by atoms with Crippen molar-refractivity contribution in [1.29, 1.82) is 0 Å². The summed E-state index contributed by atoms with van der Waals surface area (Å²) in [7, 11) is 0. The summed E-state index contributed by atoms with van der Waals surface area (Å²) in [6, 6.07) is 19.4. The first kappa shape index (κ1) is 18.2. The molecule has 0 amide bonds. The molecule has 1 saturated heterocycles. The molecule has 0 saturated carbocycles. The molecule has 0 N–H and O–H groups in total. The van der Waals surface area contributed by atoms with Gasteiger partial charge in [0.1, 0.15) is 11.5 Å². The number of nitrogens with zero attached hydrogens (tertiary/aromatic N) is 3. The number of Topliss-reactive ketones (excluding diaryl/α,β-unsaturated/α-hetero) is 1. The van der Waals surface area contributed by atoms with Crippen LogP contribution in [-0.2, 0) is 0 Å². The smallest absolute Gasteiger partial charge is 0.236 e. The molecule has 1 aromatic heterocycles. The Balaban J connectivity index is 1.67. The molecule has 140 valence electrons. The topological polar surface area (TPSA) is 36.4 Å². The first-order chi connectivity index (χ1) is 13.7. The molecule has 0 unspecified atom stereocenters. The third-order valence-corrected chi connectivity index (χ3v) is 5.18. The van der Waals surface area contributed by atoms with Crippen molar-refractivity contribution in [1.82, 2.24) is 9.88 Å². The Morgan fingerprint density at radius 3 is 2.46 bits per heavy atom. The van der Waals surface area contributed by atoms with Crippen molar-refractivity contribution in [3.63, 3.8) is 0 Å². The number of hydrogen-bond donors (Lipinski definition) is 0. The lowest BCUT2D eigenvalue weighted by atomic mass is 10.1. The molecule has 4 rings (SSSR count). The van der Waals surface area contributed by atoms with E-state index in [-0.39, 0.29) is 5.78 Å². The fraction of sp³-hybridized carbons (Fsp3) is 0.250. The molecule has 4 nitrogen and oxygen atoms in total. The van der Waals surface area contributed by atoms with E-state index >= 15 is 0 Å². The van der Waals surface area contributed by atoms with Crippen LogP contribution in [0.5, 0.6) is 0 Å². The number of benzene rings is 2. The van der Waals surface area contributed by atoms with Crippen LogP contribution in [0, 0.1) is 11.8 Å². The van der Waals surface area contributed by atoms with Gasteiger partial charge in [0.15, 0.2) is 0 Å². The summed E-state index contributed by atoms with van der Waals surface area (Å²) in [5, 5.41) is 2.23. The Bertz CT molecular complexity index is 1040. The Labute approximate surface area is 165 Å². The second-order valence-corrected chi connectivity index (χ2v) is 6.92. The summed E-state index contributed by atoms with van der Waals surface area (Å²) in [5.41, 5.74) is 1.24. The number of aromatic nitrogens is 1. The second-order valence-electron chi connectivity index (χ2n) is 6.92. The second kappa shape index (κ2) is 8.24. The van der Waals surface area contributed by atoms with Crippen molar-refractivity contribution >= 4 is 22.4 Å². The summed E-state index contributed by atoms with van der Waals surface area (Å²) in [6.45, 7) is 7.25. The lowest BCUT2D eigenvalue weighted by Crippen LogP contribution is -2.46. The van der Waals surface area contributed by atoms with Gasteiger partial charge in [-0.2, -0.15) is 0 Å². The van der Waals surface area contributed by atoms with Crippen molar-refractivity contribution in [2.45, 2.75) is 6.92 Å². The zero-order chi connectivity index (χ0) is 19.3. The number of fused-ring (bicyclic) bond motifs is 1. The minimum Gasteiger partial charge on any atom is -0.353 e. The number of likely N-dealkylation sites (N-methyl/N-ethyl adjacent to an activating group) is 1. The maximum Gasteiger partial charge on any atom is 0.236 e. The number of rotatable bonds is 3. The molecular weight excluding hydrogens is 346 g/mol. The first-order valence-electron chi connectivity index (χ1n) is 9.73. The molecule has 0 aliphatic carbocycles. The zero-order valence-corrected chi connectivity index (χ0v) is 16.1. The largest absolute Gasteiger partial charge is 0.353 e. The van der Waals surface area contributed by atoms with Gasteiger partial charge in [-0.25, -0.2) is 4.98 Å². The first-order valence-corrected chi connectivity index (χ1v) is 9.73. The maximum atomic E-state index is 12.3. The van der Waals surface area contributed by atoms with E-state index in [0.717, 1.165) is 49.3 Å². The minimum atomic E-state index is -0.186. The van der Waals surface area contributed by atoms with Crippen LogP contribution >= 0.6 is 0 Å². The Kier molecular flexibility index (Phi) is 5.36. The van der Waals surface area contributed by atoms with Gasteiger partial charge in [0.2, 0.25) is 5.78 Å². The Morgan fingerprint density at radius 2 is 1.71 bits per heavy atom. The zero-order valence-electron chi connectivity index (χ0n) is 16.1. The van der Waals surface area contributed by atoms with Crippen LogP contribution in [0.1, 0.15) is 23.0 Å². The summed E-state index contributed by atoms with van der Waals surface area (Å²) in [4.78, 5) is 21.9. The third-order valence-electron chi connectivity index (χ3n) is 5.18. The van der Waals surface area contributed by atoms with Crippen molar-refractivity contribution < 1.29 is 4.79 Å². The molecule has 28 heavy (non-hydrogen) atoms. The molecule has 3 aromatic rings. The number of piperazine rings is 1. The van der Waals surface area contributed by atoms with Gasteiger partial charge >= 0.3 is 0 Å². The summed E-state index contributed by atoms with van der Waals surface area (Å²) >= 11 is 0. The monoisotopic (exact) mass is 369 g/mol. The number of carbonyl (C=O) groups excluding carboxylic acids is 1. The SMILES string of the molecule is CCN1CCN(c2nc(C#CC(=O)c3ccccc3)cc3ccccc23)CC1. The highest BCUT2D eigenvalue weighted by Gasteiger charge is 2.19. The third kappa shape index (κ3) is 3.90. The molecule has 1 aliphatic heterocycles. The number of carbonyl (C=O) groups is 1. The van der Waals surface area contributed by atoms with E-state index in [1.807, 2.05) is 36.4 Å². The summed E-state index contributed by atoms with van der Waals surface area (Å²) in [6.07, 6.45) is 0. The normalized spacial score (nSPS) is 14.5. The van der Waals surface area contributed by atoms with Crippen LogP contribution in [-0.4, -0.2) is 48.4 Å². The minimum absolute atomic E-state index is 0.186. The van der Waals surface area contributed by atoms with Crippen LogP contribution in [0.15, 0.2) is 60.7 Å². The molecule has 0 radical (unpaired) electrons. The predicted octanol–water partition coefficient (Wildman–Crippen LogP) is 3.61. The number of pyridine rings is 1. The highest BCUT2D eigenvalue weighted by atomic mass is 16.1. The predicted molar refractivity (Wildman–Crippen MR) is 114 cm³/mol. The Hall–Kier alpha value is -3.16.